The van der Waals surface area contributed by atoms with Crippen LogP contribution < -0.4 is 0 Å². The maximum absolute atomic E-state index is 10.3. The topological polar surface area (TPSA) is 158 Å². The highest BCUT2D eigenvalue weighted by Gasteiger charge is 2.55. The van der Waals surface area contributed by atoms with Gasteiger partial charge in [0, 0.05) is 0 Å². The summed E-state index contributed by atoms with van der Waals surface area (Å²) >= 11 is 0. The van der Waals surface area contributed by atoms with Crippen LogP contribution >= 0.6 is 0 Å². The third-order valence-corrected chi connectivity index (χ3v) is 8.15. The molecule has 0 radical (unpaired) electrons. The molecule has 2 bridgehead atoms. The van der Waals surface area contributed by atoms with Gasteiger partial charge in [-0.15, -0.1) is 0 Å². The normalized spacial score (nSPS) is 51.5. The Bertz CT molecular complexity index is 629. The fourth-order valence-corrected chi connectivity index (χ4v) is 5.70. The van der Waals surface area contributed by atoms with Crippen molar-refractivity contribution in [2.75, 3.05) is 26.4 Å². The number of aliphatic hydroxyl groups excluding tert-OH is 5. The van der Waals surface area contributed by atoms with Crippen molar-refractivity contribution in [3.05, 3.63) is 0 Å². The molecule has 3 saturated carbocycles. The van der Waals surface area contributed by atoms with Crippen LogP contribution in [0.4, 0.5) is 0 Å². The van der Waals surface area contributed by atoms with Crippen LogP contribution in [0.1, 0.15) is 33.1 Å². The first kappa shape index (κ1) is 23.7. The van der Waals surface area contributed by atoms with Crippen LogP contribution in [0.15, 0.2) is 0 Å². The van der Waals surface area contributed by atoms with E-state index in [2.05, 4.69) is 13.8 Å². The van der Waals surface area contributed by atoms with E-state index in [1.807, 2.05) is 0 Å². The highest BCUT2D eigenvalue weighted by Crippen LogP contribution is 2.61. The fourth-order valence-electron chi connectivity index (χ4n) is 5.70. The lowest BCUT2D eigenvalue weighted by Gasteiger charge is -2.60. The molecule has 0 amide bonds. The van der Waals surface area contributed by atoms with Gasteiger partial charge in [-0.05, 0) is 42.4 Å². The van der Waals surface area contributed by atoms with Crippen molar-refractivity contribution in [3.63, 3.8) is 0 Å². The Kier molecular flexibility index (Phi) is 6.70. The van der Waals surface area contributed by atoms with E-state index < -0.39 is 55.3 Å². The second-order valence-corrected chi connectivity index (χ2v) is 10.3. The van der Waals surface area contributed by atoms with E-state index >= 15 is 0 Å². The van der Waals surface area contributed by atoms with Gasteiger partial charge < -0.3 is 49.6 Å². The van der Waals surface area contributed by atoms with Crippen LogP contribution in [0.5, 0.6) is 0 Å². The van der Waals surface area contributed by atoms with Crippen molar-refractivity contribution >= 4 is 0 Å². The molecule has 0 spiro atoms. The maximum atomic E-state index is 10.3. The number of aliphatic hydroxyl groups is 6. The minimum atomic E-state index is -1.83. The van der Waals surface area contributed by atoms with E-state index in [-0.39, 0.29) is 13.2 Å². The SMILES string of the molecule is CC1(C)[C@H]2CC[C@H](CO[C@@H]3O[C@H](CO[C@@H]4OC[C@](O)(CO)[C@H]4O)[C@@H](O)[C@H](O)[C@H]3O)[C@H]1C2. The van der Waals surface area contributed by atoms with Crippen LogP contribution in [0.3, 0.4) is 0 Å². The average molecular weight is 449 g/mol. The average Bonchev–Trinajstić information content (AvgIpc) is 3.05. The number of fused-ring (bicyclic) bond motifs is 2. The predicted molar refractivity (Wildman–Crippen MR) is 104 cm³/mol. The lowest BCUT2D eigenvalue weighted by atomic mass is 9.46. The largest absolute Gasteiger partial charge is 0.393 e. The number of ether oxygens (including phenoxy) is 4. The smallest absolute Gasteiger partial charge is 0.186 e. The van der Waals surface area contributed by atoms with Gasteiger partial charge in [0.05, 0.1) is 26.4 Å². The molecule has 0 aromatic rings. The quantitative estimate of drug-likeness (QED) is 0.266. The molecule has 0 unspecified atom stereocenters. The Hall–Kier alpha value is -0.400. The third-order valence-electron chi connectivity index (χ3n) is 8.15. The van der Waals surface area contributed by atoms with Crippen LogP contribution in [0, 0.1) is 23.2 Å². The van der Waals surface area contributed by atoms with E-state index in [1.165, 1.54) is 6.42 Å². The summed E-state index contributed by atoms with van der Waals surface area (Å²) in [6.07, 6.45) is -5.82. The summed E-state index contributed by atoms with van der Waals surface area (Å²) in [4.78, 5) is 0. The van der Waals surface area contributed by atoms with Gasteiger partial charge in [-0.3, -0.25) is 0 Å². The summed E-state index contributed by atoms with van der Waals surface area (Å²) in [5, 5.41) is 60.2. The Labute approximate surface area is 181 Å². The van der Waals surface area contributed by atoms with Gasteiger partial charge in [0.25, 0.3) is 0 Å². The molecule has 10 nitrogen and oxygen atoms in total. The standard InChI is InChI=1S/C21H36O10/c1-20(2)11-4-3-10(12(20)5-11)6-28-18-16(25)15(24)14(23)13(31-18)7-29-19-17(26)21(27,8-22)9-30-19/h10-19,22-27H,3-9H2,1-2H3/t10-,11+,12-,13-,14-,15+,16-,17+,18-,19-,21-/m1/s1. The molecule has 5 aliphatic rings. The third kappa shape index (κ3) is 4.16. The van der Waals surface area contributed by atoms with Crippen LogP contribution in [-0.2, 0) is 18.9 Å². The van der Waals surface area contributed by atoms with Gasteiger partial charge in [-0.2, -0.15) is 0 Å². The maximum Gasteiger partial charge on any atom is 0.186 e. The summed E-state index contributed by atoms with van der Waals surface area (Å²) in [7, 11) is 0. The summed E-state index contributed by atoms with van der Waals surface area (Å²) in [5.41, 5.74) is -1.53. The van der Waals surface area contributed by atoms with E-state index in [4.69, 9.17) is 18.9 Å². The Morgan fingerprint density at radius 1 is 0.935 bits per heavy atom. The van der Waals surface area contributed by atoms with E-state index in [1.54, 1.807) is 0 Å². The second-order valence-electron chi connectivity index (χ2n) is 10.3. The Balaban J connectivity index is 1.31. The molecule has 2 saturated heterocycles. The van der Waals surface area contributed by atoms with Gasteiger partial charge in [0.15, 0.2) is 12.6 Å². The minimum Gasteiger partial charge on any atom is -0.393 e. The van der Waals surface area contributed by atoms with Crippen molar-refractivity contribution in [1.29, 1.82) is 0 Å². The first-order valence-electron chi connectivity index (χ1n) is 11.1. The second kappa shape index (κ2) is 8.75. The molecule has 2 heterocycles. The molecule has 6 N–H and O–H groups in total. The van der Waals surface area contributed by atoms with Crippen LogP contribution in [-0.4, -0.2) is 106 Å². The molecule has 31 heavy (non-hydrogen) atoms. The van der Waals surface area contributed by atoms with Crippen molar-refractivity contribution in [1.82, 2.24) is 0 Å². The molecule has 2 aliphatic heterocycles. The monoisotopic (exact) mass is 448 g/mol. The summed E-state index contributed by atoms with van der Waals surface area (Å²) < 4.78 is 22.1. The zero-order chi connectivity index (χ0) is 22.6. The van der Waals surface area contributed by atoms with Gasteiger partial charge >= 0.3 is 0 Å². The summed E-state index contributed by atoms with van der Waals surface area (Å²) in [6, 6.07) is 0. The molecule has 10 heteroatoms. The molecule has 0 aromatic heterocycles. The lowest BCUT2D eigenvalue weighted by Crippen LogP contribution is -2.60. The summed E-state index contributed by atoms with van der Waals surface area (Å²) in [5.74, 6) is 1.68. The van der Waals surface area contributed by atoms with Crippen molar-refractivity contribution in [2.24, 2.45) is 23.2 Å². The van der Waals surface area contributed by atoms with Gasteiger partial charge in [-0.25, -0.2) is 0 Å². The first-order chi connectivity index (χ1) is 14.6. The summed E-state index contributed by atoms with van der Waals surface area (Å²) in [6.45, 7) is 3.68. The van der Waals surface area contributed by atoms with Crippen LogP contribution in [0.2, 0.25) is 0 Å². The molecular weight excluding hydrogens is 412 g/mol. The Morgan fingerprint density at radius 2 is 1.65 bits per heavy atom. The van der Waals surface area contributed by atoms with Gasteiger partial charge in [-0.1, -0.05) is 13.8 Å². The molecular formula is C21H36O10. The van der Waals surface area contributed by atoms with Gasteiger partial charge in [0.2, 0.25) is 0 Å². The number of hydrogen-bond acceptors (Lipinski definition) is 10. The van der Waals surface area contributed by atoms with E-state index in [0.717, 1.165) is 18.8 Å². The van der Waals surface area contributed by atoms with Gasteiger partial charge in [0.1, 0.15) is 36.1 Å². The highest BCUT2D eigenvalue weighted by atomic mass is 16.7. The van der Waals surface area contributed by atoms with Crippen molar-refractivity contribution in [2.45, 2.75) is 81.8 Å². The Morgan fingerprint density at radius 3 is 2.26 bits per heavy atom. The zero-order valence-corrected chi connectivity index (χ0v) is 18.0. The molecule has 0 aromatic carbocycles. The van der Waals surface area contributed by atoms with Crippen molar-refractivity contribution < 1.29 is 49.6 Å². The van der Waals surface area contributed by atoms with Crippen LogP contribution in [0.25, 0.3) is 0 Å². The van der Waals surface area contributed by atoms with E-state index in [9.17, 15) is 30.6 Å². The van der Waals surface area contributed by atoms with E-state index in [0.29, 0.717) is 23.9 Å². The predicted octanol–water partition coefficient (Wildman–Crippen LogP) is -1.66. The molecule has 5 rings (SSSR count). The number of hydrogen-bond donors (Lipinski definition) is 6. The first-order valence-corrected chi connectivity index (χ1v) is 11.1. The fraction of sp³-hybridized carbons (Fsp3) is 1.00. The number of rotatable bonds is 7. The molecule has 5 fully saturated rings. The molecule has 3 aliphatic carbocycles. The zero-order valence-electron chi connectivity index (χ0n) is 18.0. The lowest BCUT2D eigenvalue weighted by molar-refractivity contribution is -0.314. The minimum absolute atomic E-state index is 0.283. The van der Waals surface area contributed by atoms with Crippen molar-refractivity contribution in [3.8, 4) is 0 Å². The highest BCUT2D eigenvalue weighted by molar-refractivity contribution is 5.03. The molecule has 180 valence electrons. The molecule has 11 atom stereocenters.